The van der Waals surface area contributed by atoms with Gasteiger partial charge in [0.1, 0.15) is 10.8 Å². The molecular weight excluding hydrogens is 467 g/mol. The summed E-state index contributed by atoms with van der Waals surface area (Å²) >= 11 is 6.97. The molecule has 4 rings (SSSR count). The third-order valence-electron chi connectivity index (χ3n) is 5.38. The average Bonchev–Trinajstić information content (AvgIpc) is 3.13. The minimum absolute atomic E-state index is 0.0373. The van der Waals surface area contributed by atoms with E-state index in [1.807, 2.05) is 0 Å². The molecule has 3 amide bonds. The molecule has 0 radical (unpaired) electrons. The highest BCUT2D eigenvalue weighted by Gasteiger charge is 2.29. The Bertz CT molecular complexity index is 1230. The summed E-state index contributed by atoms with van der Waals surface area (Å²) in [5, 5.41) is 3.24. The number of nitrogens with one attached hydrogen (secondary N) is 1. The molecule has 1 aromatic carbocycles. The van der Waals surface area contributed by atoms with Crippen molar-refractivity contribution in [3.8, 4) is 0 Å². The second-order valence-corrected chi connectivity index (χ2v) is 9.17. The van der Waals surface area contributed by atoms with Crippen molar-refractivity contribution in [2.45, 2.75) is 25.8 Å². The molecule has 7 nitrogen and oxygen atoms in total. The number of pyridine rings is 1. The Hall–Kier alpha value is -3.30. The van der Waals surface area contributed by atoms with Crippen molar-refractivity contribution in [2.75, 3.05) is 11.9 Å². The Kier molecular flexibility index (Phi) is 6.71. The van der Waals surface area contributed by atoms with Crippen molar-refractivity contribution in [2.24, 2.45) is 5.73 Å². The number of fused-ring (bicyclic) bond motifs is 1. The molecule has 1 aliphatic rings. The predicted molar refractivity (Wildman–Crippen MR) is 124 cm³/mol. The number of aromatic nitrogens is 1. The Morgan fingerprint density at radius 2 is 1.94 bits per heavy atom. The number of hydrogen-bond donors (Lipinski definition) is 2. The monoisotopic (exact) mass is 486 g/mol. The lowest BCUT2D eigenvalue weighted by Crippen LogP contribution is -2.36. The van der Waals surface area contributed by atoms with Crippen molar-refractivity contribution >= 4 is 45.7 Å². The highest BCUT2D eigenvalue weighted by molar-refractivity contribution is 7.17. The van der Waals surface area contributed by atoms with Crippen LogP contribution in [0.5, 0.6) is 0 Å². The molecule has 3 heterocycles. The number of halogens is 2. The summed E-state index contributed by atoms with van der Waals surface area (Å²) in [7, 11) is 0. The highest BCUT2D eigenvalue weighted by atomic mass is 35.5. The molecule has 2 aromatic heterocycles. The van der Waals surface area contributed by atoms with Crippen LogP contribution in [0.4, 0.5) is 9.39 Å². The van der Waals surface area contributed by atoms with E-state index in [0.29, 0.717) is 24.5 Å². The first kappa shape index (κ1) is 22.9. The first-order valence-corrected chi connectivity index (χ1v) is 11.4. The maximum absolute atomic E-state index is 14.0. The maximum atomic E-state index is 14.0. The van der Waals surface area contributed by atoms with Gasteiger partial charge in [-0.25, -0.2) is 4.39 Å². The lowest BCUT2D eigenvalue weighted by Gasteiger charge is -2.27. The fourth-order valence-corrected chi connectivity index (χ4v) is 5.20. The zero-order chi connectivity index (χ0) is 23.5. The number of primary amides is 1. The number of anilines is 1. The summed E-state index contributed by atoms with van der Waals surface area (Å²) in [5.74, 6) is -1.76. The average molecular weight is 487 g/mol. The van der Waals surface area contributed by atoms with E-state index in [1.54, 1.807) is 29.4 Å². The molecule has 0 saturated carbocycles. The highest BCUT2D eigenvalue weighted by Crippen LogP contribution is 2.37. The standard InChI is InChI=1S/C23H20ClFN4O3S/c24-15-2-1-14(17(25)11-15)10-19(30)28-23-21(22(26)32)16-5-8-29(12-18(16)33-23)20(31)9-13-3-6-27-7-4-13/h1-4,6-7,11H,5,8-10,12H2,(H2,26,32)(H,28,30). The third-order valence-corrected chi connectivity index (χ3v) is 6.75. The molecule has 0 aliphatic carbocycles. The zero-order valence-electron chi connectivity index (χ0n) is 17.4. The molecule has 1 aliphatic heterocycles. The maximum Gasteiger partial charge on any atom is 0.251 e. The van der Waals surface area contributed by atoms with Gasteiger partial charge < -0.3 is 16.0 Å². The number of benzene rings is 1. The van der Waals surface area contributed by atoms with Crippen molar-refractivity contribution in [3.05, 3.63) is 80.7 Å². The minimum Gasteiger partial charge on any atom is -0.365 e. The fraction of sp³-hybridized carbons (Fsp3) is 0.217. The number of hydrogen-bond acceptors (Lipinski definition) is 5. The van der Waals surface area contributed by atoms with Gasteiger partial charge in [0.15, 0.2) is 0 Å². The molecular formula is C23H20ClFN4O3S. The number of nitrogens with zero attached hydrogens (tertiary/aromatic N) is 2. The van der Waals surface area contributed by atoms with E-state index in [2.05, 4.69) is 10.3 Å². The van der Waals surface area contributed by atoms with Gasteiger partial charge in [-0.2, -0.15) is 0 Å². The molecule has 0 saturated heterocycles. The molecule has 10 heteroatoms. The zero-order valence-corrected chi connectivity index (χ0v) is 19.0. The van der Waals surface area contributed by atoms with Crippen molar-refractivity contribution in [3.63, 3.8) is 0 Å². The molecule has 0 fully saturated rings. The molecule has 0 atom stereocenters. The van der Waals surface area contributed by atoms with E-state index in [1.165, 1.54) is 23.5 Å². The van der Waals surface area contributed by atoms with E-state index >= 15 is 0 Å². The Labute approximate surface area is 198 Å². The SMILES string of the molecule is NC(=O)c1c(NC(=O)Cc2ccc(Cl)cc2F)sc2c1CCN(C(=O)Cc1ccncc1)C2. The van der Waals surface area contributed by atoms with Crippen LogP contribution in [0.3, 0.4) is 0 Å². The van der Waals surface area contributed by atoms with Crippen LogP contribution in [0, 0.1) is 5.82 Å². The van der Waals surface area contributed by atoms with Crippen LogP contribution in [0.25, 0.3) is 0 Å². The van der Waals surface area contributed by atoms with E-state index < -0.39 is 17.6 Å². The number of thiophene rings is 1. The second kappa shape index (κ2) is 9.68. The van der Waals surface area contributed by atoms with E-state index in [4.69, 9.17) is 17.3 Å². The first-order valence-electron chi connectivity index (χ1n) is 10.2. The third kappa shape index (κ3) is 5.20. The lowest BCUT2D eigenvalue weighted by molar-refractivity contribution is -0.131. The number of carbonyl (C=O) groups excluding carboxylic acids is 3. The Balaban J connectivity index is 1.50. The number of rotatable bonds is 6. The summed E-state index contributed by atoms with van der Waals surface area (Å²) in [6.07, 6.45) is 3.76. The second-order valence-electron chi connectivity index (χ2n) is 7.63. The largest absolute Gasteiger partial charge is 0.365 e. The summed E-state index contributed by atoms with van der Waals surface area (Å²) < 4.78 is 14.0. The molecule has 33 heavy (non-hydrogen) atoms. The fourth-order valence-electron chi connectivity index (χ4n) is 3.76. The van der Waals surface area contributed by atoms with Gasteiger partial charge in [-0.3, -0.25) is 19.4 Å². The number of carbonyl (C=O) groups is 3. The number of amides is 3. The quantitative estimate of drug-likeness (QED) is 0.557. The molecule has 170 valence electrons. The van der Waals surface area contributed by atoms with Gasteiger partial charge in [0.2, 0.25) is 11.8 Å². The molecule has 3 aromatic rings. The summed E-state index contributed by atoms with van der Waals surface area (Å²) in [4.78, 5) is 43.9. The van der Waals surface area contributed by atoms with Gasteiger partial charge in [-0.1, -0.05) is 17.7 Å². The van der Waals surface area contributed by atoms with E-state index in [0.717, 1.165) is 22.1 Å². The predicted octanol–water partition coefficient (Wildman–Crippen LogP) is 3.34. The van der Waals surface area contributed by atoms with E-state index in [9.17, 15) is 18.8 Å². The smallest absolute Gasteiger partial charge is 0.251 e. The lowest BCUT2D eigenvalue weighted by atomic mass is 10.0. The Morgan fingerprint density at radius 1 is 1.18 bits per heavy atom. The summed E-state index contributed by atoms with van der Waals surface area (Å²) in [6.45, 7) is 0.767. The molecule has 0 bridgehead atoms. The first-order chi connectivity index (χ1) is 15.8. The van der Waals surface area contributed by atoms with Crippen LogP contribution >= 0.6 is 22.9 Å². The van der Waals surface area contributed by atoms with Crippen molar-refractivity contribution in [1.29, 1.82) is 0 Å². The van der Waals surface area contributed by atoms with Gasteiger partial charge in [-0.05, 0) is 47.4 Å². The number of nitrogens with two attached hydrogens (primary N) is 1. The van der Waals surface area contributed by atoms with Crippen molar-refractivity contribution in [1.82, 2.24) is 9.88 Å². The van der Waals surface area contributed by atoms with Crippen molar-refractivity contribution < 1.29 is 18.8 Å². The van der Waals surface area contributed by atoms with Crippen LogP contribution in [0.1, 0.15) is 31.9 Å². The topological polar surface area (TPSA) is 105 Å². The van der Waals surface area contributed by atoms with Crippen LogP contribution in [-0.4, -0.2) is 34.2 Å². The molecule has 0 spiro atoms. The van der Waals surface area contributed by atoms with E-state index in [-0.39, 0.29) is 34.9 Å². The van der Waals surface area contributed by atoms with Crippen LogP contribution in [0.15, 0.2) is 42.7 Å². The Morgan fingerprint density at radius 3 is 2.64 bits per heavy atom. The molecule has 0 unspecified atom stereocenters. The minimum atomic E-state index is -0.656. The van der Waals surface area contributed by atoms with Gasteiger partial charge >= 0.3 is 0 Å². The van der Waals surface area contributed by atoms with Gasteiger partial charge in [-0.15, -0.1) is 11.3 Å². The van der Waals surface area contributed by atoms with Gasteiger partial charge in [0.25, 0.3) is 5.91 Å². The van der Waals surface area contributed by atoms with Gasteiger partial charge in [0.05, 0.1) is 24.9 Å². The summed E-state index contributed by atoms with van der Waals surface area (Å²) in [5.41, 5.74) is 7.65. The normalized spacial score (nSPS) is 12.8. The summed E-state index contributed by atoms with van der Waals surface area (Å²) in [6, 6.07) is 7.67. The molecule has 3 N–H and O–H groups in total. The van der Waals surface area contributed by atoms with Crippen LogP contribution < -0.4 is 11.1 Å². The van der Waals surface area contributed by atoms with Crippen LogP contribution in [0.2, 0.25) is 5.02 Å². The van der Waals surface area contributed by atoms with Gasteiger partial charge in [0, 0.05) is 28.8 Å². The van der Waals surface area contributed by atoms with Crippen LogP contribution in [-0.2, 0) is 35.4 Å².